The summed E-state index contributed by atoms with van der Waals surface area (Å²) in [4.78, 5) is 0. The van der Waals surface area contributed by atoms with Crippen LogP contribution in [0.15, 0.2) is 24.3 Å². The molecule has 0 aliphatic rings. The normalized spacial score (nSPS) is 12.5. The lowest BCUT2D eigenvalue weighted by molar-refractivity contribution is 0.299. The topological polar surface area (TPSA) is 69.6 Å². The molecule has 0 saturated carbocycles. The first-order valence-corrected chi connectivity index (χ1v) is 4.90. The average molecular weight is 201 g/mol. The molecule has 13 heavy (non-hydrogen) atoms. The molecular weight excluding hydrogens is 190 g/mol. The summed E-state index contributed by atoms with van der Waals surface area (Å²) in [7, 11) is 0. The van der Waals surface area contributed by atoms with Gasteiger partial charge in [-0.15, -0.1) is 0 Å². The molecular formula is C8H11NO3S. The Hall–Kier alpha value is -0.910. The molecule has 72 valence electrons. The van der Waals surface area contributed by atoms with Crippen LogP contribution >= 0.6 is 0 Å². The summed E-state index contributed by atoms with van der Waals surface area (Å²) in [5.74, 6) is 0. The Morgan fingerprint density at radius 2 is 2.23 bits per heavy atom. The van der Waals surface area contributed by atoms with E-state index >= 15 is 0 Å². The average Bonchev–Trinajstić information content (AvgIpc) is 2.04. The van der Waals surface area contributed by atoms with Crippen molar-refractivity contribution in [1.29, 1.82) is 0 Å². The van der Waals surface area contributed by atoms with Crippen LogP contribution in [-0.4, -0.2) is 20.5 Å². The first-order valence-electron chi connectivity index (χ1n) is 3.79. The number of aliphatic hydroxyl groups is 1. The Labute approximate surface area is 79.0 Å². The third-order valence-electron chi connectivity index (χ3n) is 1.53. The summed E-state index contributed by atoms with van der Waals surface area (Å²) in [6, 6.07) is 7.03. The maximum absolute atomic E-state index is 10.4. The molecule has 1 rings (SSSR count). The van der Waals surface area contributed by atoms with Crippen LogP contribution in [0.2, 0.25) is 0 Å². The third-order valence-corrected chi connectivity index (χ3v) is 1.94. The Kier molecular flexibility index (Phi) is 3.88. The summed E-state index contributed by atoms with van der Waals surface area (Å²) >= 11 is -2.04. The highest BCUT2D eigenvalue weighted by molar-refractivity contribution is 7.80. The summed E-state index contributed by atoms with van der Waals surface area (Å²) in [5.41, 5.74) is 1.50. The van der Waals surface area contributed by atoms with E-state index in [-0.39, 0.29) is 6.61 Å². The molecule has 0 aliphatic carbocycles. The number of benzene rings is 1. The predicted octanol–water partition coefficient (Wildman–Crippen LogP) is 0.770. The first kappa shape index (κ1) is 10.2. The maximum Gasteiger partial charge on any atom is 0.259 e. The quantitative estimate of drug-likeness (QED) is 0.630. The molecule has 0 fully saturated rings. The fourth-order valence-corrected chi connectivity index (χ4v) is 1.35. The lowest BCUT2D eigenvalue weighted by Crippen LogP contribution is -2.02. The molecule has 0 bridgehead atoms. The van der Waals surface area contributed by atoms with E-state index in [0.717, 1.165) is 5.56 Å². The lowest BCUT2D eigenvalue weighted by atomic mass is 10.1. The Morgan fingerprint density at radius 1 is 1.46 bits per heavy atom. The van der Waals surface area contributed by atoms with Crippen LogP contribution in [0.3, 0.4) is 0 Å². The minimum Gasteiger partial charge on any atom is -0.396 e. The number of rotatable bonds is 4. The van der Waals surface area contributed by atoms with Crippen LogP contribution in [-0.2, 0) is 17.7 Å². The van der Waals surface area contributed by atoms with Crippen molar-refractivity contribution in [3.05, 3.63) is 29.8 Å². The van der Waals surface area contributed by atoms with Crippen molar-refractivity contribution >= 4 is 17.0 Å². The number of hydrogen-bond acceptors (Lipinski definition) is 2. The molecule has 3 N–H and O–H groups in total. The highest BCUT2D eigenvalue weighted by Crippen LogP contribution is 2.11. The fourth-order valence-electron chi connectivity index (χ4n) is 1.02. The van der Waals surface area contributed by atoms with Crippen LogP contribution in [0.25, 0.3) is 0 Å². The van der Waals surface area contributed by atoms with Crippen LogP contribution in [0.1, 0.15) is 5.56 Å². The molecule has 1 atom stereocenters. The molecule has 0 aromatic heterocycles. The Morgan fingerprint density at radius 3 is 2.85 bits per heavy atom. The van der Waals surface area contributed by atoms with Crippen LogP contribution in [0.4, 0.5) is 5.69 Å². The predicted molar refractivity (Wildman–Crippen MR) is 51.6 cm³/mol. The van der Waals surface area contributed by atoms with Crippen LogP contribution in [0.5, 0.6) is 0 Å². The SMILES string of the molecule is O=S(O)Nc1cccc(CCO)c1. The van der Waals surface area contributed by atoms with Crippen molar-refractivity contribution in [3.63, 3.8) is 0 Å². The molecule has 0 saturated heterocycles. The van der Waals surface area contributed by atoms with Gasteiger partial charge in [0, 0.05) is 12.3 Å². The van der Waals surface area contributed by atoms with Gasteiger partial charge in [-0.1, -0.05) is 12.1 Å². The Balaban J connectivity index is 2.73. The standard InChI is InChI=1S/C8H11NO3S/c10-5-4-7-2-1-3-8(6-7)9-13(11)12/h1-3,6,9-10H,4-5H2,(H,11,12). The van der Waals surface area contributed by atoms with Crippen LogP contribution < -0.4 is 4.72 Å². The summed E-state index contributed by atoms with van der Waals surface area (Å²) in [5, 5.41) is 8.66. The monoisotopic (exact) mass is 201 g/mol. The van der Waals surface area contributed by atoms with Gasteiger partial charge in [0.25, 0.3) is 11.3 Å². The molecule has 0 radical (unpaired) electrons. The van der Waals surface area contributed by atoms with Gasteiger partial charge in [-0.3, -0.25) is 9.27 Å². The van der Waals surface area contributed by atoms with Crippen molar-refractivity contribution in [3.8, 4) is 0 Å². The van der Waals surface area contributed by atoms with Crippen molar-refractivity contribution in [2.24, 2.45) is 0 Å². The molecule has 1 aromatic carbocycles. The molecule has 0 heterocycles. The minimum absolute atomic E-state index is 0.0751. The van der Waals surface area contributed by atoms with E-state index in [1.807, 2.05) is 6.07 Å². The largest absolute Gasteiger partial charge is 0.396 e. The minimum atomic E-state index is -2.04. The van der Waals surface area contributed by atoms with E-state index in [4.69, 9.17) is 9.66 Å². The lowest BCUT2D eigenvalue weighted by Gasteiger charge is -2.03. The van der Waals surface area contributed by atoms with Gasteiger partial charge in [-0.05, 0) is 24.1 Å². The van der Waals surface area contributed by atoms with E-state index in [0.29, 0.717) is 12.1 Å². The Bertz CT molecular complexity index is 303. The van der Waals surface area contributed by atoms with Crippen molar-refractivity contribution in [2.75, 3.05) is 11.3 Å². The van der Waals surface area contributed by atoms with E-state index < -0.39 is 11.3 Å². The van der Waals surface area contributed by atoms with E-state index in [1.165, 1.54) is 0 Å². The summed E-state index contributed by atoms with van der Waals surface area (Å²) in [6.45, 7) is 0.0751. The highest BCUT2D eigenvalue weighted by Gasteiger charge is 1.96. The van der Waals surface area contributed by atoms with Crippen molar-refractivity contribution in [1.82, 2.24) is 0 Å². The molecule has 5 heteroatoms. The zero-order valence-corrected chi connectivity index (χ0v) is 7.75. The van der Waals surface area contributed by atoms with Gasteiger partial charge in [0.2, 0.25) is 0 Å². The zero-order valence-electron chi connectivity index (χ0n) is 6.93. The summed E-state index contributed by atoms with van der Waals surface area (Å²) in [6.07, 6.45) is 0.549. The highest BCUT2D eigenvalue weighted by atomic mass is 32.2. The van der Waals surface area contributed by atoms with E-state index in [1.54, 1.807) is 18.2 Å². The van der Waals surface area contributed by atoms with Gasteiger partial charge >= 0.3 is 0 Å². The van der Waals surface area contributed by atoms with Crippen molar-refractivity contribution < 1.29 is 13.9 Å². The number of anilines is 1. The van der Waals surface area contributed by atoms with E-state index in [2.05, 4.69) is 4.72 Å². The van der Waals surface area contributed by atoms with Gasteiger partial charge in [0.15, 0.2) is 0 Å². The second-order valence-electron chi connectivity index (χ2n) is 2.53. The third kappa shape index (κ3) is 3.54. The molecule has 1 aromatic rings. The second kappa shape index (κ2) is 4.96. The molecule has 1 unspecified atom stereocenters. The molecule has 0 amide bonds. The number of hydrogen-bond donors (Lipinski definition) is 3. The smallest absolute Gasteiger partial charge is 0.259 e. The van der Waals surface area contributed by atoms with Crippen molar-refractivity contribution in [2.45, 2.75) is 6.42 Å². The number of aliphatic hydroxyl groups excluding tert-OH is 1. The molecule has 0 aliphatic heterocycles. The maximum atomic E-state index is 10.4. The zero-order chi connectivity index (χ0) is 9.68. The van der Waals surface area contributed by atoms with E-state index in [9.17, 15) is 4.21 Å². The van der Waals surface area contributed by atoms with Gasteiger partial charge < -0.3 is 5.11 Å². The first-order chi connectivity index (χ1) is 6.22. The second-order valence-corrected chi connectivity index (χ2v) is 3.23. The molecule has 0 spiro atoms. The molecule has 4 nitrogen and oxygen atoms in total. The van der Waals surface area contributed by atoms with Gasteiger partial charge in [-0.25, -0.2) is 4.21 Å². The van der Waals surface area contributed by atoms with Gasteiger partial charge in [0.1, 0.15) is 0 Å². The van der Waals surface area contributed by atoms with Crippen LogP contribution in [0, 0.1) is 0 Å². The summed E-state index contributed by atoms with van der Waals surface area (Å²) < 4.78 is 21.3. The number of nitrogens with one attached hydrogen (secondary N) is 1. The fraction of sp³-hybridized carbons (Fsp3) is 0.250. The van der Waals surface area contributed by atoms with Gasteiger partial charge in [-0.2, -0.15) is 0 Å². The van der Waals surface area contributed by atoms with Gasteiger partial charge in [0.05, 0.1) is 0 Å².